The maximum absolute atomic E-state index is 12.2. The molecule has 1 saturated heterocycles. The Balaban J connectivity index is 2.18. The molecule has 1 aromatic rings. The van der Waals surface area contributed by atoms with Gasteiger partial charge in [0.05, 0.1) is 6.04 Å². The van der Waals surface area contributed by atoms with Crippen LogP contribution in [0.25, 0.3) is 0 Å². The van der Waals surface area contributed by atoms with Gasteiger partial charge in [0.2, 0.25) is 0 Å². The zero-order valence-electron chi connectivity index (χ0n) is 11.8. The first kappa shape index (κ1) is 13.3. The van der Waals surface area contributed by atoms with Crippen molar-refractivity contribution in [3.05, 3.63) is 35.9 Å². The van der Waals surface area contributed by atoms with E-state index in [0.29, 0.717) is 17.7 Å². The van der Waals surface area contributed by atoms with Gasteiger partial charge < -0.3 is 0 Å². The summed E-state index contributed by atoms with van der Waals surface area (Å²) in [7, 11) is 0. The van der Waals surface area contributed by atoms with Crippen LogP contribution in [0.1, 0.15) is 33.3 Å². The van der Waals surface area contributed by atoms with Crippen LogP contribution in [0.2, 0.25) is 0 Å². The Kier molecular flexibility index (Phi) is 3.86. The second-order valence-corrected chi connectivity index (χ2v) is 5.62. The van der Waals surface area contributed by atoms with Gasteiger partial charge in [-0.3, -0.25) is 9.69 Å². The summed E-state index contributed by atoms with van der Waals surface area (Å²) in [5, 5.41) is 0. The summed E-state index contributed by atoms with van der Waals surface area (Å²) in [5.41, 5.74) is 1.28. The van der Waals surface area contributed by atoms with Gasteiger partial charge in [0.1, 0.15) is 0 Å². The topological polar surface area (TPSA) is 20.3 Å². The Morgan fingerprint density at radius 3 is 2.28 bits per heavy atom. The molecular formula is C16H23NO. The van der Waals surface area contributed by atoms with Crippen molar-refractivity contribution < 1.29 is 4.79 Å². The molecule has 1 heterocycles. The molecule has 0 spiro atoms. The summed E-state index contributed by atoms with van der Waals surface area (Å²) < 4.78 is 0. The summed E-state index contributed by atoms with van der Waals surface area (Å²) in [6.07, 6.45) is 0. The number of likely N-dealkylation sites (tertiary alicyclic amines) is 1. The predicted molar refractivity (Wildman–Crippen MR) is 74.2 cm³/mol. The molecule has 0 aliphatic carbocycles. The number of benzene rings is 1. The molecule has 0 radical (unpaired) electrons. The number of piperidine rings is 1. The number of rotatable bonds is 2. The number of nitrogens with zero attached hydrogens (tertiary/aromatic N) is 1. The molecule has 0 aromatic heterocycles. The van der Waals surface area contributed by atoms with Gasteiger partial charge in [0, 0.05) is 18.5 Å². The van der Waals surface area contributed by atoms with Crippen LogP contribution in [0.3, 0.4) is 0 Å². The minimum Gasteiger partial charge on any atom is -0.298 e. The fraction of sp³-hybridized carbons (Fsp3) is 0.562. The van der Waals surface area contributed by atoms with Gasteiger partial charge >= 0.3 is 0 Å². The smallest absolute Gasteiger partial charge is 0.152 e. The second kappa shape index (κ2) is 5.23. The molecule has 2 rings (SSSR count). The number of ketones is 1. The van der Waals surface area contributed by atoms with Crippen LogP contribution in [-0.4, -0.2) is 22.8 Å². The van der Waals surface area contributed by atoms with Gasteiger partial charge in [-0.05, 0) is 25.3 Å². The molecule has 4 unspecified atom stereocenters. The molecular weight excluding hydrogens is 222 g/mol. The molecule has 18 heavy (non-hydrogen) atoms. The van der Waals surface area contributed by atoms with Crippen LogP contribution in [0.4, 0.5) is 0 Å². The van der Waals surface area contributed by atoms with E-state index in [2.05, 4.69) is 49.9 Å². The van der Waals surface area contributed by atoms with Crippen molar-refractivity contribution in [2.75, 3.05) is 0 Å². The summed E-state index contributed by atoms with van der Waals surface area (Å²) in [6.45, 7) is 9.42. The van der Waals surface area contributed by atoms with Crippen LogP contribution in [0, 0.1) is 11.8 Å². The monoisotopic (exact) mass is 245 g/mol. The van der Waals surface area contributed by atoms with Crippen molar-refractivity contribution in [3.8, 4) is 0 Å². The van der Waals surface area contributed by atoms with Gasteiger partial charge in [0.15, 0.2) is 5.78 Å². The van der Waals surface area contributed by atoms with Gasteiger partial charge in [-0.1, -0.05) is 44.2 Å². The Bertz CT molecular complexity index is 414. The second-order valence-electron chi connectivity index (χ2n) is 5.62. The van der Waals surface area contributed by atoms with E-state index in [1.807, 2.05) is 13.0 Å². The number of carbonyl (C=O) groups is 1. The lowest BCUT2D eigenvalue weighted by Crippen LogP contribution is -2.55. The van der Waals surface area contributed by atoms with Crippen molar-refractivity contribution in [2.45, 2.75) is 46.3 Å². The van der Waals surface area contributed by atoms with Crippen molar-refractivity contribution >= 4 is 5.78 Å². The fourth-order valence-electron chi connectivity index (χ4n) is 2.95. The molecule has 0 bridgehead atoms. The van der Waals surface area contributed by atoms with Crippen LogP contribution >= 0.6 is 0 Å². The molecule has 1 aliphatic rings. The quantitative estimate of drug-likeness (QED) is 0.798. The molecule has 2 heteroatoms. The van der Waals surface area contributed by atoms with E-state index in [-0.39, 0.29) is 12.0 Å². The van der Waals surface area contributed by atoms with Gasteiger partial charge in [0.25, 0.3) is 0 Å². The molecule has 0 saturated carbocycles. The Hall–Kier alpha value is -1.15. The highest BCUT2D eigenvalue weighted by Gasteiger charge is 2.40. The Morgan fingerprint density at radius 2 is 1.67 bits per heavy atom. The average molecular weight is 245 g/mol. The van der Waals surface area contributed by atoms with E-state index in [1.165, 1.54) is 5.56 Å². The largest absolute Gasteiger partial charge is 0.298 e. The highest BCUT2D eigenvalue weighted by atomic mass is 16.1. The highest BCUT2D eigenvalue weighted by Crippen LogP contribution is 2.31. The standard InChI is InChI=1S/C16H23NO/c1-11-12(2)16(18)14(4)17(13(11)3)10-15-8-6-5-7-9-15/h5-9,11-14H,10H2,1-4H3. The van der Waals surface area contributed by atoms with Crippen LogP contribution < -0.4 is 0 Å². The van der Waals surface area contributed by atoms with E-state index in [1.54, 1.807) is 0 Å². The highest BCUT2D eigenvalue weighted by molar-refractivity contribution is 5.86. The lowest BCUT2D eigenvalue weighted by molar-refractivity contribution is -0.136. The molecule has 1 fully saturated rings. The maximum Gasteiger partial charge on any atom is 0.152 e. The average Bonchev–Trinajstić information content (AvgIpc) is 2.40. The first-order chi connectivity index (χ1) is 8.52. The number of Topliss-reactive ketones (excluding diaryl/α,β-unsaturated/α-hetero) is 1. The predicted octanol–water partition coefficient (Wildman–Crippen LogP) is 3.12. The SMILES string of the molecule is CC1C(=O)C(C)N(Cc2ccccc2)C(C)C1C. The first-order valence-corrected chi connectivity index (χ1v) is 6.85. The third-order valence-electron chi connectivity index (χ3n) is 4.64. The molecule has 1 aromatic carbocycles. The van der Waals surface area contributed by atoms with E-state index in [0.717, 1.165) is 6.54 Å². The van der Waals surface area contributed by atoms with Crippen LogP contribution in [-0.2, 0) is 11.3 Å². The van der Waals surface area contributed by atoms with Gasteiger partial charge in [-0.15, -0.1) is 0 Å². The maximum atomic E-state index is 12.2. The van der Waals surface area contributed by atoms with E-state index >= 15 is 0 Å². The van der Waals surface area contributed by atoms with Crippen molar-refractivity contribution in [3.63, 3.8) is 0 Å². The zero-order chi connectivity index (χ0) is 13.3. The molecule has 98 valence electrons. The van der Waals surface area contributed by atoms with E-state index < -0.39 is 0 Å². The summed E-state index contributed by atoms with van der Waals surface area (Å²) in [6, 6.07) is 10.9. The molecule has 0 N–H and O–H groups in total. The van der Waals surface area contributed by atoms with Gasteiger partial charge in [-0.25, -0.2) is 0 Å². The third-order valence-corrected chi connectivity index (χ3v) is 4.64. The lowest BCUT2D eigenvalue weighted by atomic mass is 9.78. The fourth-order valence-corrected chi connectivity index (χ4v) is 2.95. The third kappa shape index (κ3) is 2.35. The first-order valence-electron chi connectivity index (χ1n) is 6.85. The summed E-state index contributed by atoms with van der Waals surface area (Å²) >= 11 is 0. The molecule has 1 aliphatic heterocycles. The van der Waals surface area contributed by atoms with Crippen molar-refractivity contribution in [1.29, 1.82) is 0 Å². The van der Waals surface area contributed by atoms with Crippen molar-refractivity contribution in [2.24, 2.45) is 11.8 Å². The summed E-state index contributed by atoms with van der Waals surface area (Å²) in [5.74, 6) is 0.996. The van der Waals surface area contributed by atoms with E-state index in [9.17, 15) is 4.79 Å². The Labute approximate surface area is 110 Å². The van der Waals surface area contributed by atoms with Crippen LogP contribution in [0.5, 0.6) is 0 Å². The van der Waals surface area contributed by atoms with Crippen LogP contribution in [0.15, 0.2) is 30.3 Å². The number of hydrogen-bond donors (Lipinski definition) is 0. The molecule has 0 amide bonds. The number of carbonyl (C=O) groups excluding carboxylic acids is 1. The minimum absolute atomic E-state index is 0.0337. The lowest BCUT2D eigenvalue weighted by Gasteiger charge is -2.44. The van der Waals surface area contributed by atoms with Gasteiger partial charge in [-0.2, -0.15) is 0 Å². The summed E-state index contributed by atoms with van der Waals surface area (Å²) in [4.78, 5) is 14.6. The van der Waals surface area contributed by atoms with E-state index in [4.69, 9.17) is 0 Å². The molecule has 2 nitrogen and oxygen atoms in total. The number of hydrogen-bond acceptors (Lipinski definition) is 2. The minimum atomic E-state index is 0.0337. The van der Waals surface area contributed by atoms with Crippen molar-refractivity contribution in [1.82, 2.24) is 4.90 Å². The zero-order valence-corrected chi connectivity index (χ0v) is 11.8. The molecule has 4 atom stereocenters. The Morgan fingerprint density at radius 1 is 1.06 bits per heavy atom. The normalized spacial score (nSPS) is 33.7.